The Morgan fingerprint density at radius 2 is 2.17 bits per heavy atom. The number of aliphatic hydroxyl groups is 1. The number of carbonyl (C=O) groups is 1. The van der Waals surface area contributed by atoms with E-state index in [4.69, 9.17) is 0 Å². The molecule has 4 nitrogen and oxygen atoms in total. The summed E-state index contributed by atoms with van der Waals surface area (Å²) in [5, 5.41) is 9.59. The highest BCUT2D eigenvalue weighted by atomic mass is 19.1. The Bertz CT molecular complexity index is 423. The van der Waals surface area contributed by atoms with Crippen molar-refractivity contribution in [3.63, 3.8) is 0 Å². The van der Waals surface area contributed by atoms with Crippen molar-refractivity contribution in [2.24, 2.45) is 0 Å². The van der Waals surface area contributed by atoms with Crippen LogP contribution in [0.1, 0.15) is 18.6 Å². The molecule has 0 aliphatic rings. The summed E-state index contributed by atoms with van der Waals surface area (Å²) in [5.41, 5.74) is -0.0612. The van der Waals surface area contributed by atoms with E-state index in [1.54, 1.807) is 0 Å². The van der Waals surface area contributed by atoms with Gasteiger partial charge in [0.05, 0.1) is 13.7 Å². The summed E-state index contributed by atoms with van der Waals surface area (Å²) < 4.78 is 36.0. The number of hydrogen-bond donors (Lipinski definition) is 1. The topological polar surface area (TPSA) is 55.8 Å². The van der Waals surface area contributed by atoms with E-state index in [2.05, 4.69) is 9.47 Å². The van der Waals surface area contributed by atoms with Gasteiger partial charge >= 0.3 is 5.97 Å². The van der Waals surface area contributed by atoms with Crippen molar-refractivity contribution in [1.82, 2.24) is 0 Å². The monoisotopic (exact) mass is 260 g/mol. The normalized spacial score (nSPS) is 13.8. The fourth-order valence-electron chi connectivity index (χ4n) is 1.39. The van der Waals surface area contributed by atoms with Gasteiger partial charge in [0.1, 0.15) is 6.10 Å². The van der Waals surface area contributed by atoms with Gasteiger partial charge in [-0.05, 0) is 24.6 Å². The van der Waals surface area contributed by atoms with Gasteiger partial charge in [-0.2, -0.15) is 0 Å². The van der Waals surface area contributed by atoms with Crippen molar-refractivity contribution < 1.29 is 28.2 Å². The summed E-state index contributed by atoms with van der Waals surface area (Å²) in [4.78, 5) is 11.1. The van der Waals surface area contributed by atoms with E-state index in [1.165, 1.54) is 26.2 Å². The Morgan fingerprint density at radius 3 is 2.67 bits per heavy atom. The molecule has 2 unspecified atom stereocenters. The number of ether oxygens (including phenoxy) is 2. The fraction of sp³-hybridized carbons (Fsp3) is 0.417. The van der Waals surface area contributed by atoms with Crippen LogP contribution < -0.4 is 4.74 Å². The second-order valence-corrected chi connectivity index (χ2v) is 3.49. The van der Waals surface area contributed by atoms with E-state index >= 15 is 0 Å². The lowest BCUT2D eigenvalue weighted by Gasteiger charge is -2.15. The second kappa shape index (κ2) is 6.30. The molecule has 18 heavy (non-hydrogen) atoms. The highest BCUT2D eigenvalue weighted by Gasteiger charge is 2.29. The lowest BCUT2D eigenvalue weighted by Crippen LogP contribution is -2.26. The van der Waals surface area contributed by atoms with Crippen LogP contribution in [0.5, 0.6) is 5.75 Å². The molecule has 0 fully saturated rings. The van der Waals surface area contributed by atoms with Gasteiger partial charge in [-0.3, -0.25) is 0 Å². The molecule has 1 aromatic carbocycles. The Labute approximate surface area is 103 Å². The van der Waals surface area contributed by atoms with E-state index < -0.39 is 24.1 Å². The number of carbonyl (C=O) groups excluding carboxylic acids is 1. The van der Waals surface area contributed by atoms with Crippen LogP contribution in [-0.2, 0) is 9.53 Å². The van der Waals surface area contributed by atoms with Crippen LogP contribution in [0.3, 0.4) is 0 Å². The summed E-state index contributed by atoms with van der Waals surface area (Å²) >= 11 is 0. The molecule has 1 rings (SSSR count). The highest BCUT2D eigenvalue weighted by molar-refractivity contribution is 5.75. The molecule has 0 aliphatic heterocycles. The molecule has 6 heteroatoms. The highest BCUT2D eigenvalue weighted by Crippen LogP contribution is 2.25. The van der Waals surface area contributed by atoms with Gasteiger partial charge in [-0.15, -0.1) is 0 Å². The number of methoxy groups -OCH3 is 1. The van der Waals surface area contributed by atoms with E-state index in [9.17, 15) is 18.7 Å². The van der Waals surface area contributed by atoms with Gasteiger partial charge in [0.15, 0.2) is 11.6 Å². The summed E-state index contributed by atoms with van der Waals surface area (Å²) in [6.07, 6.45) is -4.03. The summed E-state index contributed by atoms with van der Waals surface area (Å²) in [6, 6.07) is 3.43. The molecule has 0 bridgehead atoms. The molecule has 1 N–H and O–H groups in total. The zero-order chi connectivity index (χ0) is 13.7. The first-order chi connectivity index (χ1) is 8.51. The Morgan fingerprint density at radius 1 is 1.50 bits per heavy atom. The van der Waals surface area contributed by atoms with E-state index in [-0.39, 0.29) is 17.9 Å². The predicted molar refractivity (Wildman–Crippen MR) is 59.4 cm³/mol. The second-order valence-electron chi connectivity index (χ2n) is 3.49. The zero-order valence-corrected chi connectivity index (χ0v) is 10.0. The minimum Gasteiger partial charge on any atom is -0.494 e. The van der Waals surface area contributed by atoms with Crippen molar-refractivity contribution in [3.05, 3.63) is 29.6 Å². The smallest absolute Gasteiger partial charge is 0.343 e. The lowest BCUT2D eigenvalue weighted by atomic mass is 10.0. The number of hydrogen-bond acceptors (Lipinski definition) is 4. The summed E-state index contributed by atoms with van der Waals surface area (Å²) in [5.74, 6) is -1.95. The average molecular weight is 260 g/mol. The molecule has 0 saturated carbocycles. The Balaban J connectivity index is 2.86. The maximum absolute atomic E-state index is 13.5. The SMILES string of the molecule is CCOC(=O)C(F)C(O)c1ccc(OC)c(F)c1. The summed E-state index contributed by atoms with van der Waals surface area (Å²) in [7, 11) is 1.28. The molecular weight excluding hydrogens is 246 g/mol. The number of benzene rings is 1. The van der Waals surface area contributed by atoms with Crippen molar-refractivity contribution >= 4 is 5.97 Å². The van der Waals surface area contributed by atoms with Crippen LogP contribution >= 0.6 is 0 Å². The van der Waals surface area contributed by atoms with E-state index in [1.807, 2.05) is 0 Å². The molecule has 2 atom stereocenters. The van der Waals surface area contributed by atoms with Crippen LogP contribution in [-0.4, -0.2) is 31.0 Å². The van der Waals surface area contributed by atoms with Crippen molar-refractivity contribution in [1.29, 1.82) is 0 Å². The van der Waals surface area contributed by atoms with Gasteiger partial charge in [-0.25, -0.2) is 13.6 Å². The van der Waals surface area contributed by atoms with Crippen molar-refractivity contribution in [2.75, 3.05) is 13.7 Å². The number of halogens is 2. The maximum Gasteiger partial charge on any atom is 0.343 e. The number of rotatable bonds is 5. The first-order valence-electron chi connectivity index (χ1n) is 5.33. The minimum absolute atomic E-state index is 0.00292. The third-order valence-corrected chi connectivity index (χ3v) is 2.31. The number of esters is 1. The molecule has 0 amide bonds. The van der Waals surface area contributed by atoms with Crippen LogP contribution in [0.4, 0.5) is 8.78 Å². The van der Waals surface area contributed by atoms with Gasteiger partial charge in [0.2, 0.25) is 6.17 Å². The number of aliphatic hydroxyl groups excluding tert-OH is 1. The number of alkyl halides is 1. The molecule has 0 aliphatic carbocycles. The van der Waals surface area contributed by atoms with Gasteiger partial charge in [0, 0.05) is 0 Å². The van der Waals surface area contributed by atoms with Crippen LogP contribution in [0.25, 0.3) is 0 Å². The van der Waals surface area contributed by atoms with Crippen molar-refractivity contribution in [2.45, 2.75) is 19.2 Å². The standard InChI is InChI=1S/C12H14F2O4/c1-3-18-12(16)10(14)11(15)7-4-5-9(17-2)8(13)6-7/h4-6,10-11,15H,3H2,1-2H3. The van der Waals surface area contributed by atoms with E-state index in [0.29, 0.717) is 0 Å². The predicted octanol–water partition coefficient (Wildman–Crippen LogP) is 1.77. The van der Waals surface area contributed by atoms with Crippen molar-refractivity contribution in [3.8, 4) is 5.75 Å². The Kier molecular flexibility index (Phi) is 5.03. The molecule has 1 aromatic rings. The van der Waals surface area contributed by atoms with Gasteiger partial charge < -0.3 is 14.6 Å². The zero-order valence-electron chi connectivity index (χ0n) is 10.0. The average Bonchev–Trinajstić information content (AvgIpc) is 2.37. The molecule has 0 aromatic heterocycles. The maximum atomic E-state index is 13.5. The molecule has 0 heterocycles. The molecule has 0 saturated heterocycles. The molecule has 0 radical (unpaired) electrons. The minimum atomic E-state index is -2.25. The molecule has 0 spiro atoms. The first-order valence-corrected chi connectivity index (χ1v) is 5.33. The molecular formula is C12H14F2O4. The third-order valence-electron chi connectivity index (χ3n) is 2.31. The van der Waals surface area contributed by atoms with E-state index in [0.717, 1.165) is 6.07 Å². The van der Waals surface area contributed by atoms with Gasteiger partial charge in [-0.1, -0.05) is 6.07 Å². The van der Waals surface area contributed by atoms with Crippen LogP contribution in [0.15, 0.2) is 18.2 Å². The molecule has 100 valence electrons. The van der Waals surface area contributed by atoms with Crippen LogP contribution in [0, 0.1) is 5.82 Å². The van der Waals surface area contributed by atoms with Gasteiger partial charge in [0.25, 0.3) is 0 Å². The first kappa shape index (κ1) is 14.4. The lowest BCUT2D eigenvalue weighted by molar-refractivity contribution is -0.153. The summed E-state index contributed by atoms with van der Waals surface area (Å²) in [6.45, 7) is 1.52. The fourth-order valence-corrected chi connectivity index (χ4v) is 1.39. The quantitative estimate of drug-likeness (QED) is 0.820. The third kappa shape index (κ3) is 3.16. The Hall–Kier alpha value is -1.69. The largest absolute Gasteiger partial charge is 0.494 e. The van der Waals surface area contributed by atoms with Crippen LogP contribution in [0.2, 0.25) is 0 Å².